The van der Waals surface area contributed by atoms with Gasteiger partial charge in [-0.05, 0) is 129 Å². The molecular formula is C49H46N4O11S4. The van der Waals surface area contributed by atoms with Crippen LogP contribution in [0.5, 0.6) is 0 Å². The lowest BCUT2D eigenvalue weighted by molar-refractivity contribution is 0.480. The topological polar surface area (TPSA) is 239 Å². The third-order valence-corrected chi connectivity index (χ3v) is 16.0. The number of sulfonamides is 2. The predicted molar refractivity (Wildman–Crippen MR) is 266 cm³/mol. The first-order valence-corrected chi connectivity index (χ1v) is 27.1. The molecule has 0 unspecified atom stereocenters. The molecule has 0 saturated heterocycles. The van der Waals surface area contributed by atoms with E-state index in [1.165, 1.54) is 32.0 Å². The fraction of sp³-hybridized carbons (Fsp3) is 0.163. The van der Waals surface area contributed by atoms with Crippen LogP contribution in [0.25, 0.3) is 44.2 Å². The van der Waals surface area contributed by atoms with Crippen molar-refractivity contribution < 1.29 is 47.2 Å². The Morgan fingerprint density at radius 3 is 1.88 bits per heavy atom. The Morgan fingerprint density at radius 2 is 1.19 bits per heavy atom. The lowest BCUT2D eigenvalue weighted by Crippen LogP contribution is -2.17. The van der Waals surface area contributed by atoms with Crippen LogP contribution in [0.15, 0.2) is 127 Å². The summed E-state index contributed by atoms with van der Waals surface area (Å²) in [6, 6.07) is 27.8. The Bertz CT molecular complexity index is 3960. The van der Waals surface area contributed by atoms with Crippen LogP contribution in [0.2, 0.25) is 0 Å². The second-order valence-electron chi connectivity index (χ2n) is 16.8. The number of hydrogen-bond donors (Lipinski definition) is 5. The molecule has 1 aliphatic heterocycles. The fourth-order valence-corrected chi connectivity index (χ4v) is 12.7. The highest BCUT2D eigenvalue weighted by atomic mass is 32.2. The fourth-order valence-electron chi connectivity index (χ4n) is 8.96. The van der Waals surface area contributed by atoms with Gasteiger partial charge in [-0.2, -0.15) is 16.8 Å². The SMILES string of the molecule is Cc1cc(C)c(NS(C)(=O)=O)c(C)c1Nc1ccc2c(-c3ccccc3S(=O)(=O)O)c3cc/c(=N\c4c(C)c(NS(=O)(=O)c5cccc6c(C)cccc56)c(C)c(S(=O)(=O)O)c4C)cc-3oc2c1. The molecule has 19 heteroatoms. The van der Waals surface area contributed by atoms with Gasteiger partial charge in [0, 0.05) is 51.0 Å². The Hall–Kier alpha value is -6.61. The average molecular weight is 995 g/mol. The lowest BCUT2D eigenvalue weighted by Gasteiger charge is -2.21. The molecule has 0 bridgehead atoms. The number of nitrogens with zero attached hydrogens (tertiary/aromatic N) is 1. The van der Waals surface area contributed by atoms with Gasteiger partial charge in [-0.1, -0.05) is 54.6 Å². The monoisotopic (exact) mass is 994 g/mol. The molecule has 2 aliphatic rings. The molecule has 6 aromatic rings. The van der Waals surface area contributed by atoms with Crippen molar-refractivity contribution in [3.63, 3.8) is 0 Å². The summed E-state index contributed by atoms with van der Waals surface area (Å²) in [5.74, 6) is 0.183. The molecule has 0 aromatic heterocycles. The molecule has 0 atom stereocenters. The highest BCUT2D eigenvalue weighted by molar-refractivity contribution is 7.93. The van der Waals surface area contributed by atoms with Crippen LogP contribution >= 0.6 is 0 Å². The summed E-state index contributed by atoms with van der Waals surface area (Å²) in [5.41, 5.74) is 5.97. The van der Waals surface area contributed by atoms with E-state index < -0.39 is 45.2 Å². The molecule has 0 amide bonds. The molecule has 1 heterocycles. The van der Waals surface area contributed by atoms with Gasteiger partial charge in [0.25, 0.3) is 30.3 Å². The highest BCUT2D eigenvalue weighted by Gasteiger charge is 2.29. The Balaban J connectivity index is 1.35. The molecule has 15 nitrogen and oxygen atoms in total. The van der Waals surface area contributed by atoms with Crippen molar-refractivity contribution in [2.75, 3.05) is 21.0 Å². The van der Waals surface area contributed by atoms with Crippen LogP contribution in [0.3, 0.4) is 0 Å². The molecule has 1 aliphatic carbocycles. The third-order valence-electron chi connectivity index (χ3n) is 11.9. The summed E-state index contributed by atoms with van der Waals surface area (Å²) in [4.78, 5) is 3.89. The first kappa shape index (κ1) is 47.9. The summed E-state index contributed by atoms with van der Waals surface area (Å²) >= 11 is 0. The van der Waals surface area contributed by atoms with Crippen molar-refractivity contribution in [1.29, 1.82) is 0 Å². The number of benzene rings is 7. The van der Waals surface area contributed by atoms with E-state index >= 15 is 0 Å². The molecule has 8 rings (SSSR count). The number of hydrogen-bond acceptors (Lipinski definition) is 11. The first-order chi connectivity index (χ1) is 31.7. The Kier molecular flexibility index (Phi) is 12.1. The van der Waals surface area contributed by atoms with Crippen molar-refractivity contribution in [1.82, 2.24) is 0 Å². The third kappa shape index (κ3) is 8.95. The molecule has 0 radical (unpaired) electrons. The van der Waals surface area contributed by atoms with Crippen LogP contribution in [0, 0.1) is 48.5 Å². The normalized spacial score (nSPS) is 12.8. The smallest absolute Gasteiger partial charge is 0.295 e. The van der Waals surface area contributed by atoms with Crippen LogP contribution < -0.4 is 20.1 Å². The molecule has 0 spiro atoms. The van der Waals surface area contributed by atoms with E-state index in [0.717, 1.165) is 22.9 Å². The van der Waals surface area contributed by atoms with Gasteiger partial charge in [0.1, 0.15) is 21.1 Å². The predicted octanol–water partition coefficient (Wildman–Crippen LogP) is 10.2. The second-order valence-corrected chi connectivity index (χ2v) is 22.9. The number of fused-ring (bicyclic) bond motifs is 3. The van der Waals surface area contributed by atoms with E-state index in [9.17, 15) is 42.8 Å². The number of rotatable bonds is 11. The van der Waals surface area contributed by atoms with Gasteiger partial charge in [-0.3, -0.25) is 18.5 Å². The molecule has 352 valence electrons. The van der Waals surface area contributed by atoms with E-state index in [0.29, 0.717) is 49.9 Å². The van der Waals surface area contributed by atoms with Gasteiger partial charge < -0.3 is 9.73 Å². The molecule has 0 saturated carbocycles. The maximum Gasteiger partial charge on any atom is 0.295 e. The van der Waals surface area contributed by atoms with Crippen molar-refractivity contribution in [2.45, 2.75) is 63.2 Å². The van der Waals surface area contributed by atoms with Crippen molar-refractivity contribution >= 4 is 90.5 Å². The highest BCUT2D eigenvalue weighted by Crippen LogP contribution is 2.45. The minimum absolute atomic E-state index is 0.0341. The van der Waals surface area contributed by atoms with Crippen molar-refractivity contribution in [2.24, 2.45) is 4.99 Å². The minimum Gasteiger partial charge on any atom is -0.456 e. The number of aryl methyl sites for hydroxylation is 3. The lowest BCUT2D eigenvalue weighted by atomic mass is 9.93. The zero-order chi connectivity index (χ0) is 49.4. The largest absolute Gasteiger partial charge is 0.456 e. The van der Waals surface area contributed by atoms with Gasteiger partial charge in [0.2, 0.25) is 10.0 Å². The van der Waals surface area contributed by atoms with Crippen molar-refractivity contribution in [3.8, 4) is 22.5 Å². The van der Waals surface area contributed by atoms with E-state index in [2.05, 4.69) is 14.8 Å². The van der Waals surface area contributed by atoms with Crippen LogP contribution in [0.4, 0.5) is 28.4 Å². The van der Waals surface area contributed by atoms with Gasteiger partial charge in [0.05, 0.1) is 33.6 Å². The zero-order valence-electron chi connectivity index (χ0n) is 38.0. The summed E-state index contributed by atoms with van der Waals surface area (Å²) in [6.45, 7) is 11.7. The number of anilines is 4. The van der Waals surface area contributed by atoms with Gasteiger partial charge in [-0.15, -0.1) is 0 Å². The van der Waals surface area contributed by atoms with E-state index in [-0.39, 0.29) is 60.1 Å². The molecule has 68 heavy (non-hydrogen) atoms. The maximum atomic E-state index is 14.2. The Morgan fingerprint density at radius 1 is 0.529 bits per heavy atom. The maximum absolute atomic E-state index is 14.2. The van der Waals surface area contributed by atoms with E-state index in [1.54, 1.807) is 93.6 Å². The van der Waals surface area contributed by atoms with Gasteiger partial charge in [-0.25, -0.2) is 21.8 Å². The molecular weight excluding hydrogens is 949 g/mol. The van der Waals surface area contributed by atoms with Gasteiger partial charge in [0.15, 0.2) is 0 Å². The summed E-state index contributed by atoms with van der Waals surface area (Å²) in [7, 11) is -17.7. The van der Waals surface area contributed by atoms with Crippen LogP contribution in [0.1, 0.15) is 38.9 Å². The second kappa shape index (κ2) is 17.2. The number of nitrogens with one attached hydrogen (secondary N) is 3. The van der Waals surface area contributed by atoms with Gasteiger partial charge >= 0.3 is 0 Å². The first-order valence-electron chi connectivity index (χ1n) is 20.9. The van der Waals surface area contributed by atoms with Crippen LogP contribution in [-0.4, -0.2) is 49.0 Å². The van der Waals surface area contributed by atoms with E-state index in [1.807, 2.05) is 26.0 Å². The summed E-state index contributed by atoms with van der Waals surface area (Å²) in [6.07, 6.45) is 1.07. The molecule has 0 fully saturated rings. The minimum atomic E-state index is -4.95. The average Bonchev–Trinajstić information content (AvgIpc) is 3.25. The summed E-state index contributed by atoms with van der Waals surface area (Å²) < 4.78 is 137. The van der Waals surface area contributed by atoms with E-state index in [4.69, 9.17) is 9.41 Å². The standard InChI is InChI=1S/C49H46N4O11S4/c1-26-13-11-16-36-35(26)15-12-18-42(36)66(56,57)53-48-30(5)47(31(6)49(32(48)7)68(61,62)63)51-34-20-22-38-41(25-34)64-40-24-33(50-45-27(2)23-28(3)46(29(45)4)52-65(8,54)55)19-21-37(40)44(38)39-14-9-10-17-43(39)67(58,59)60/h9-25,50,52-53H,1-8H3,(H,58,59,60)(H,61,62,63)/b51-34+. The quantitative estimate of drug-likeness (QED) is 0.0601. The molecule has 5 N–H and O–H groups in total. The Labute approximate surface area is 394 Å². The zero-order valence-corrected chi connectivity index (χ0v) is 41.2. The molecule has 6 aromatic carbocycles. The van der Waals surface area contributed by atoms with Crippen LogP contribution in [-0.2, 0) is 40.3 Å². The van der Waals surface area contributed by atoms with Crippen molar-refractivity contribution in [3.05, 3.63) is 147 Å². The summed E-state index contributed by atoms with van der Waals surface area (Å²) in [5, 5.41) is 5.21.